The summed E-state index contributed by atoms with van der Waals surface area (Å²) in [5, 5.41) is 17.4. The minimum atomic E-state index is -0.725. The number of anilines is 2. The molecule has 2 aliphatic rings. The van der Waals surface area contributed by atoms with Crippen molar-refractivity contribution in [2.45, 2.75) is 25.7 Å². The highest BCUT2D eigenvalue weighted by molar-refractivity contribution is 8.03. The Balaban J connectivity index is 1.40. The first kappa shape index (κ1) is 25.7. The van der Waals surface area contributed by atoms with Crippen LogP contribution in [0, 0.1) is 11.3 Å². The maximum Gasteiger partial charge on any atom is 0.254 e. The Kier molecular flexibility index (Phi) is 7.59. The van der Waals surface area contributed by atoms with Crippen LogP contribution in [0.25, 0.3) is 0 Å². The van der Waals surface area contributed by atoms with E-state index >= 15 is 0 Å². The number of furan rings is 1. The van der Waals surface area contributed by atoms with Crippen LogP contribution in [-0.4, -0.2) is 24.1 Å². The number of rotatable bonds is 6. The Bertz CT molecular complexity index is 1470. The summed E-state index contributed by atoms with van der Waals surface area (Å²) in [4.78, 5) is 28.5. The lowest BCUT2D eigenvalue weighted by Crippen LogP contribution is -2.37. The number of carbonyl (C=O) groups excluding carboxylic acids is 2. The van der Waals surface area contributed by atoms with Crippen LogP contribution in [0.2, 0.25) is 5.02 Å². The predicted molar refractivity (Wildman–Crippen MR) is 150 cm³/mol. The number of aryl methyl sites for hydroxylation is 1. The molecule has 2 aliphatic heterocycles. The number of dihydropyridines is 1. The Morgan fingerprint density at radius 1 is 1.18 bits per heavy atom. The van der Waals surface area contributed by atoms with E-state index in [1.54, 1.807) is 43.3 Å². The molecule has 0 unspecified atom stereocenters. The molecule has 2 aromatic carbocycles. The van der Waals surface area contributed by atoms with Gasteiger partial charge in [0.25, 0.3) is 5.91 Å². The summed E-state index contributed by atoms with van der Waals surface area (Å²) in [6.07, 6.45) is 3.38. The number of carbonyl (C=O) groups is 2. The molecular weight excluding hydrogens is 520 g/mol. The summed E-state index contributed by atoms with van der Waals surface area (Å²) in [6, 6.07) is 20.5. The Morgan fingerprint density at radius 2 is 1.97 bits per heavy atom. The third-order valence-electron chi connectivity index (χ3n) is 6.57. The van der Waals surface area contributed by atoms with Crippen LogP contribution in [0.1, 0.15) is 30.6 Å². The van der Waals surface area contributed by atoms with Gasteiger partial charge >= 0.3 is 0 Å². The van der Waals surface area contributed by atoms with Gasteiger partial charge < -0.3 is 20.0 Å². The van der Waals surface area contributed by atoms with Crippen molar-refractivity contribution in [2.75, 3.05) is 22.5 Å². The molecule has 3 aromatic rings. The van der Waals surface area contributed by atoms with Crippen LogP contribution in [0.3, 0.4) is 0 Å². The molecule has 0 bridgehead atoms. The van der Waals surface area contributed by atoms with Gasteiger partial charge in [-0.25, -0.2) is 0 Å². The molecule has 1 atom stereocenters. The van der Waals surface area contributed by atoms with E-state index in [1.165, 1.54) is 18.0 Å². The number of nitriles is 1. The number of benzene rings is 2. The van der Waals surface area contributed by atoms with Crippen molar-refractivity contribution in [1.82, 2.24) is 5.32 Å². The number of nitrogens with one attached hydrogen (secondary N) is 2. The van der Waals surface area contributed by atoms with Crippen molar-refractivity contribution >= 4 is 46.6 Å². The molecule has 0 saturated carbocycles. The minimum Gasteiger partial charge on any atom is -0.468 e. The zero-order chi connectivity index (χ0) is 26.6. The minimum absolute atomic E-state index is 0.0313. The summed E-state index contributed by atoms with van der Waals surface area (Å²) in [5.74, 6) is -0.505. The molecule has 0 radical (unpaired) electrons. The molecule has 5 rings (SSSR count). The lowest BCUT2D eigenvalue weighted by molar-refractivity contribution is -0.116. The fourth-order valence-electron chi connectivity index (χ4n) is 4.80. The molecular formula is C29H25ClN4O3S. The summed E-state index contributed by atoms with van der Waals surface area (Å²) in [5.41, 5.74) is 3.96. The van der Waals surface area contributed by atoms with Gasteiger partial charge in [0.2, 0.25) is 5.91 Å². The summed E-state index contributed by atoms with van der Waals surface area (Å²) in [6.45, 7) is 2.45. The largest absolute Gasteiger partial charge is 0.468 e. The highest BCUT2D eigenvalue weighted by Gasteiger charge is 2.37. The maximum atomic E-state index is 13.4. The average molecular weight is 545 g/mol. The smallest absolute Gasteiger partial charge is 0.254 e. The van der Waals surface area contributed by atoms with Gasteiger partial charge in [0.1, 0.15) is 5.76 Å². The second-order valence-corrected chi connectivity index (χ2v) is 10.4. The summed E-state index contributed by atoms with van der Waals surface area (Å²) < 4.78 is 5.68. The summed E-state index contributed by atoms with van der Waals surface area (Å²) in [7, 11) is 0. The number of nitrogens with zero attached hydrogens (tertiary/aromatic N) is 2. The van der Waals surface area contributed by atoms with E-state index in [2.05, 4.69) is 22.8 Å². The Morgan fingerprint density at radius 3 is 2.71 bits per heavy atom. The van der Waals surface area contributed by atoms with Crippen LogP contribution in [0.15, 0.2) is 93.2 Å². The van der Waals surface area contributed by atoms with Gasteiger partial charge in [-0.2, -0.15) is 5.26 Å². The highest BCUT2D eigenvalue weighted by atomic mass is 35.5. The quantitative estimate of drug-likeness (QED) is 0.396. The number of allylic oxidation sites excluding steroid dienone is 2. The molecule has 2 amide bonds. The number of para-hydroxylation sites is 1. The van der Waals surface area contributed by atoms with Gasteiger partial charge in [0.05, 0.1) is 40.2 Å². The first-order valence-corrected chi connectivity index (χ1v) is 13.6. The zero-order valence-electron chi connectivity index (χ0n) is 20.7. The SMILES string of the molecule is CC1=C(C(=O)Nc2ccc(Cl)cc2)[C@H](c2ccco2)C(C#N)=C(SCC(=O)N2CCCc3ccccc32)N1. The topological polar surface area (TPSA) is 98.4 Å². The van der Waals surface area contributed by atoms with E-state index in [0.717, 1.165) is 24.1 Å². The fraction of sp³-hybridized carbons (Fsp3) is 0.207. The Labute approximate surface area is 230 Å². The van der Waals surface area contributed by atoms with E-state index in [1.807, 2.05) is 23.1 Å². The van der Waals surface area contributed by atoms with E-state index < -0.39 is 5.92 Å². The van der Waals surface area contributed by atoms with Crippen molar-refractivity contribution in [3.63, 3.8) is 0 Å². The lowest BCUT2D eigenvalue weighted by atomic mass is 9.85. The van der Waals surface area contributed by atoms with Crippen molar-refractivity contribution in [1.29, 1.82) is 5.26 Å². The van der Waals surface area contributed by atoms with Crippen LogP contribution in [0.4, 0.5) is 11.4 Å². The van der Waals surface area contributed by atoms with E-state index in [4.69, 9.17) is 16.0 Å². The van der Waals surface area contributed by atoms with Gasteiger partial charge in [-0.1, -0.05) is 41.6 Å². The van der Waals surface area contributed by atoms with Crippen molar-refractivity contribution in [2.24, 2.45) is 0 Å². The van der Waals surface area contributed by atoms with Crippen LogP contribution in [0.5, 0.6) is 0 Å². The third kappa shape index (κ3) is 5.21. The van der Waals surface area contributed by atoms with Gasteiger partial charge in [0.15, 0.2) is 0 Å². The lowest BCUT2D eigenvalue weighted by Gasteiger charge is -2.31. The maximum absolute atomic E-state index is 13.4. The van der Waals surface area contributed by atoms with Crippen molar-refractivity contribution < 1.29 is 14.0 Å². The van der Waals surface area contributed by atoms with Crippen molar-refractivity contribution in [3.05, 3.63) is 105 Å². The van der Waals surface area contributed by atoms with E-state index in [0.29, 0.717) is 44.9 Å². The highest BCUT2D eigenvalue weighted by Crippen LogP contribution is 2.41. The number of amides is 2. The molecule has 192 valence electrons. The third-order valence-corrected chi connectivity index (χ3v) is 7.83. The van der Waals surface area contributed by atoms with E-state index in [-0.39, 0.29) is 17.6 Å². The average Bonchev–Trinajstić information content (AvgIpc) is 3.47. The monoisotopic (exact) mass is 544 g/mol. The number of thioether (sulfide) groups is 1. The second-order valence-electron chi connectivity index (χ2n) is 8.99. The van der Waals surface area contributed by atoms with Crippen LogP contribution >= 0.6 is 23.4 Å². The molecule has 0 spiro atoms. The first-order chi connectivity index (χ1) is 18.5. The molecule has 0 saturated heterocycles. The normalized spacial score (nSPS) is 17.0. The predicted octanol–water partition coefficient (Wildman–Crippen LogP) is 5.98. The first-order valence-electron chi connectivity index (χ1n) is 12.2. The summed E-state index contributed by atoms with van der Waals surface area (Å²) >= 11 is 7.24. The molecule has 7 nitrogen and oxygen atoms in total. The fourth-order valence-corrected chi connectivity index (χ4v) is 5.90. The molecule has 0 aliphatic carbocycles. The molecule has 0 fully saturated rings. The van der Waals surface area contributed by atoms with Gasteiger partial charge in [-0.05, 0) is 67.8 Å². The Hall–Kier alpha value is -3.93. The standard InChI is InChI=1S/C29H25ClN4O3S/c1-18-26(28(36)33-21-12-10-20(30)11-13-21)27(24-9-5-15-37-24)22(16-31)29(32-18)38-17-25(35)34-14-4-7-19-6-2-3-8-23(19)34/h2-3,5-6,8-13,15,27,32H,4,7,14,17H2,1H3,(H,33,36)/t27-/m0/s1. The van der Waals surface area contributed by atoms with E-state index in [9.17, 15) is 14.9 Å². The number of hydrogen-bond acceptors (Lipinski definition) is 6. The molecule has 38 heavy (non-hydrogen) atoms. The van der Waals surface area contributed by atoms with Crippen LogP contribution < -0.4 is 15.5 Å². The molecule has 2 N–H and O–H groups in total. The number of hydrogen-bond donors (Lipinski definition) is 2. The van der Waals surface area contributed by atoms with Gasteiger partial charge in [-0.3, -0.25) is 9.59 Å². The van der Waals surface area contributed by atoms with Crippen molar-refractivity contribution in [3.8, 4) is 6.07 Å². The van der Waals surface area contributed by atoms with Crippen LogP contribution in [-0.2, 0) is 16.0 Å². The number of halogens is 1. The van der Waals surface area contributed by atoms with Gasteiger partial charge in [-0.15, -0.1) is 0 Å². The molecule has 9 heteroatoms. The molecule has 1 aromatic heterocycles. The van der Waals surface area contributed by atoms with Gasteiger partial charge in [0, 0.05) is 28.6 Å². The number of fused-ring (bicyclic) bond motifs is 1. The second kappa shape index (κ2) is 11.2. The molecule has 3 heterocycles. The zero-order valence-corrected chi connectivity index (χ0v) is 22.2.